The van der Waals surface area contributed by atoms with Crippen LogP contribution in [0, 0.1) is 46.3 Å². The van der Waals surface area contributed by atoms with Gasteiger partial charge in [0.1, 0.15) is 0 Å². The van der Waals surface area contributed by atoms with E-state index < -0.39 is 12.1 Å². The minimum Gasteiger partial charge on any atom is -0.393 e. The number of amides is 1. The van der Waals surface area contributed by atoms with E-state index in [-0.39, 0.29) is 70.0 Å². The zero-order chi connectivity index (χ0) is 29.7. The van der Waals surface area contributed by atoms with E-state index >= 15 is 0 Å². The third-order valence-electron chi connectivity index (χ3n) is 12.9. The second kappa shape index (κ2) is 11.6. The van der Waals surface area contributed by atoms with Crippen LogP contribution in [0.2, 0.25) is 0 Å². The van der Waals surface area contributed by atoms with Crippen LogP contribution < -0.4 is 5.32 Å². The van der Waals surface area contributed by atoms with Crippen LogP contribution in [0.4, 0.5) is 0 Å². The molecule has 0 aromatic rings. The monoisotopic (exact) mass is 573 g/mol. The summed E-state index contributed by atoms with van der Waals surface area (Å²) in [5.74, 6) is 1.61. The van der Waals surface area contributed by atoms with Crippen LogP contribution in [0.3, 0.4) is 0 Å². The first kappa shape index (κ1) is 31.1. The van der Waals surface area contributed by atoms with Gasteiger partial charge >= 0.3 is 0 Å². The summed E-state index contributed by atoms with van der Waals surface area (Å²) in [6.45, 7) is 10.8. The van der Waals surface area contributed by atoms with E-state index in [9.17, 15) is 24.9 Å². The van der Waals surface area contributed by atoms with Gasteiger partial charge in [-0.15, -0.1) is 0 Å². The standard InChI is InChI=1S/C33H55N3O5/c1-6-7-26(38)25(13-15-32(4)35-36-32)34-29(41)11-8-19(2)22-9-10-23-30-24(18-28(40)33(22,23)5)31(3)14-12-21(37)16-20(31)17-27(30)39/h19-25,27-28,30,37,39-40H,6-18H2,1-5H3,(H,34,41)/t19-,20+,21-,22-,23+,24+,25?,27-,28+,30+,31+,33-/m1/s1. The van der Waals surface area contributed by atoms with E-state index in [4.69, 9.17) is 0 Å². The molecule has 0 spiro atoms. The highest BCUT2D eigenvalue weighted by Crippen LogP contribution is 2.68. The maximum Gasteiger partial charge on any atom is 0.220 e. The molecule has 41 heavy (non-hydrogen) atoms. The maximum absolute atomic E-state index is 13.1. The van der Waals surface area contributed by atoms with Crippen LogP contribution in [0.1, 0.15) is 118 Å². The lowest BCUT2D eigenvalue weighted by Gasteiger charge is -2.63. The number of carbonyl (C=O) groups is 2. The van der Waals surface area contributed by atoms with Gasteiger partial charge in [-0.05, 0) is 124 Å². The van der Waals surface area contributed by atoms with E-state index in [1.165, 1.54) is 0 Å². The number of nitrogens with one attached hydrogen (secondary N) is 1. The van der Waals surface area contributed by atoms with Gasteiger partial charge in [-0.2, -0.15) is 10.2 Å². The summed E-state index contributed by atoms with van der Waals surface area (Å²) >= 11 is 0. The Balaban J connectivity index is 1.22. The number of hydrogen-bond acceptors (Lipinski definition) is 7. The fourth-order valence-corrected chi connectivity index (χ4v) is 10.3. The predicted octanol–water partition coefficient (Wildman–Crippen LogP) is 5.18. The number of aliphatic hydroxyl groups excluding tert-OH is 3. The molecule has 0 saturated heterocycles. The summed E-state index contributed by atoms with van der Waals surface area (Å²) in [5.41, 5.74) is -0.597. The normalized spacial score (nSPS) is 43.8. The molecule has 8 heteroatoms. The Morgan fingerprint density at radius 1 is 0.951 bits per heavy atom. The first-order chi connectivity index (χ1) is 19.3. The van der Waals surface area contributed by atoms with Gasteiger partial charge in [-0.1, -0.05) is 27.7 Å². The SMILES string of the molecule is CCCC(=O)C(CCC1(C)N=N1)NC(=O)CC[C@@H](C)[C@H]1CC[C@H]2[C@@H]3[C@H](O)C[C@@H]4C[C@H](O)CC[C@]4(C)[C@H]3C[C@H](O)[C@]12C. The molecule has 1 unspecified atom stereocenters. The van der Waals surface area contributed by atoms with E-state index in [1.54, 1.807) is 0 Å². The molecule has 0 aromatic heterocycles. The quantitative estimate of drug-likeness (QED) is 0.270. The average molecular weight is 574 g/mol. The molecule has 4 aliphatic carbocycles. The molecule has 232 valence electrons. The molecule has 5 rings (SSSR count). The summed E-state index contributed by atoms with van der Waals surface area (Å²) in [6, 6.07) is -0.482. The summed E-state index contributed by atoms with van der Waals surface area (Å²) in [4.78, 5) is 25.8. The van der Waals surface area contributed by atoms with Gasteiger partial charge < -0.3 is 20.6 Å². The van der Waals surface area contributed by atoms with Crippen LogP contribution in [0.5, 0.6) is 0 Å². The van der Waals surface area contributed by atoms with Crippen molar-refractivity contribution in [3.63, 3.8) is 0 Å². The van der Waals surface area contributed by atoms with Crippen LogP contribution in [-0.4, -0.2) is 57.0 Å². The summed E-state index contributed by atoms with van der Waals surface area (Å²) < 4.78 is 0. The van der Waals surface area contributed by atoms with E-state index in [0.29, 0.717) is 31.6 Å². The van der Waals surface area contributed by atoms with Gasteiger partial charge in [-0.25, -0.2) is 0 Å². The van der Waals surface area contributed by atoms with E-state index in [1.807, 2.05) is 13.8 Å². The Hall–Kier alpha value is -1.38. The molecular weight excluding hydrogens is 518 g/mol. The maximum atomic E-state index is 13.1. The van der Waals surface area contributed by atoms with Gasteiger partial charge in [0.15, 0.2) is 11.4 Å². The highest BCUT2D eigenvalue weighted by atomic mass is 16.3. The molecule has 12 atom stereocenters. The third kappa shape index (κ3) is 5.78. The largest absolute Gasteiger partial charge is 0.393 e. The highest BCUT2D eigenvalue weighted by molar-refractivity contribution is 5.89. The van der Waals surface area contributed by atoms with Crippen molar-refractivity contribution in [2.24, 2.45) is 56.6 Å². The Bertz CT molecular complexity index is 1010. The number of rotatable bonds is 11. The Morgan fingerprint density at radius 3 is 2.37 bits per heavy atom. The predicted molar refractivity (Wildman–Crippen MR) is 157 cm³/mol. The number of nitrogens with zero attached hydrogens (tertiary/aromatic N) is 2. The Morgan fingerprint density at radius 2 is 1.68 bits per heavy atom. The van der Waals surface area contributed by atoms with Crippen molar-refractivity contribution in [3.8, 4) is 0 Å². The molecule has 0 aromatic carbocycles. The smallest absolute Gasteiger partial charge is 0.220 e. The van der Waals surface area contributed by atoms with Crippen molar-refractivity contribution in [1.82, 2.24) is 5.32 Å². The van der Waals surface area contributed by atoms with Crippen molar-refractivity contribution < 1.29 is 24.9 Å². The van der Waals surface area contributed by atoms with Crippen LogP contribution >= 0.6 is 0 Å². The summed E-state index contributed by atoms with van der Waals surface area (Å²) in [7, 11) is 0. The lowest BCUT2D eigenvalue weighted by atomic mass is 9.43. The lowest BCUT2D eigenvalue weighted by Crippen LogP contribution is -2.62. The molecule has 1 amide bonds. The van der Waals surface area contributed by atoms with E-state index in [2.05, 4.69) is 36.3 Å². The fourth-order valence-electron chi connectivity index (χ4n) is 10.3. The van der Waals surface area contributed by atoms with Crippen molar-refractivity contribution >= 4 is 11.7 Å². The van der Waals surface area contributed by atoms with Gasteiger partial charge in [0.25, 0.3) is 0 Å². The van der Waals surface area contributed by atoms with Crippen molar-refractivity contribution in [1.29, 1.82) is 0 Å². The van der Waals surface area contributed by atoms with Gasteiger partial charge in [0, 0.05) is 12.8 Å². The molecule has 8 nitrogen and oxygen atoms in total. The topological polar surface area (TPSA) is 132 Å². The second-order valence-electron chi connectivity index (χ2n) is 15.3. The number of Topliss-reactive ketones (excluding diaryl/α,β-unsaturated/α-hetero) is 1. The van der Waals surface area contributed by atoms with Crippen molar-refractivity contribution in [2.75, 3.05) is 0 Å². The number of ketones is 1. The molecular formula is C33H55N3O5. The van der Waals surface area contributed by atoms with Gasteiger partial charge in [0.2, 0.25) is 5.91 Å². The zero-order valence-electron chi connectivity index (χ0n) is 26.0. The van der Waals surface area contributed by atoms with E-state index in [0.717, 1.165) is 57.8 Å². The molecule has 0 bridgehead atoms. The minimum absolute atomic E-state index is 0.0676. The molecule has 0 radical (unpaired) electrons. The zero-order valence-corrected chi connectivity index (χ0v) is 26.0. The number of hydrogen-bond donors (Lipinski definition) is 4. The minimum atomic E-state index is -0.482. The first-order valence-corrected chi connectivity index (χ1v) is 16.6. The average Bonchev–Trinajstić information content (AvgIpc) is 3.54. The lowest BCUT2D eigenvalue weighted by molar-refractivity contribution is -0.207. The van der Waals surface area contributed by atoms with Gasteiger partial charge in [0.05, 0.1) is 24.4 Å². The first-order valence-electron chi connectivity index (χ1n) is 16.6. The van der Waals surface area contributed by atoms with Gasteiger partial charge in [-0.3, -0.25) is 9.59 Å². The highest BCUT2D eigenvalue weighted by Gasteiger charge is 2.65. The second-order valence-corrected chi connectivity index (χ2v) is 15.3. The Kier molecular flexibility index (Phi) is 8.79. The molecule has 4 saturated carbocycles. The summed E-state index contributed by atoms with van der Waals surface area (Å²) in [6.07, 6.45) is 8.53. The molecule has 4 fully saturated rings. The molecule has 4 N–H and O–H groups in total. The van der Waals surface area contributed by atoms with Crippen molar-refractivity contribution in [2.45, 2.75) is 148 Å². The Labute approximate surface area is 246 Å². The number of fused-ring (bicyclic) bond motifs is 5. The third-order valence-corrected chi connectivity index (χ3v) is 12.9. The molecule has 5 aliphatic rings. The molecule has 1 heterocycles. The number of carbonyl (C=O) groups excluding carboxylic acids is 2. The van der Waals surface area contributed by atoms with Crippen molar-refractivity contribution in [3.05, 3.63) is 0 Å². The van der Waals surface area contributed by atoms with Crippen LogP contribution in [0.15, 0.2) is 10.2 Å². The number of aliphatic hydroxyl groups is 3. The fraction of sp³-hybridized carbons (Fsp3) is 0.939. The summed E-state index contributed by atoms with van der Waals surface area (Å²) in [5, 5.41) is 44.8. The molecule has 1 aliphatic heterocycles. The van der Waals surface area contributed by atoms with Crippen LogP contribution in [0.25, 0.3) is 0 Å². The van der Waals surface area contributed by atoms with Crippen LogP contribution in [-0.2, 0) is 9.59 Å².